The Morgan fingerprint density at radius 2 is 1.97 bits per heavy atom. The highest BCUT2D eigenvalue weighted by Crippen LogP contribution is 2.31. The van der Waals surface area contributed by atoms with Crippen molar-refractivity contribution in [3.8, 4) is 0 Å². The summed E-state index contributed by atoms with van der Waals surface area (Å²) in [6.45, 7) is 3.82. The van der Waals surface area contributed by atoms with Crippen molar-refractivity contribution >= 4 is 40.4 Å². The van der Waals surface area contributed by atoms with Crippen LogP contribution in [0.3, 0.4) is 0 Å². The first-order valence-electron chi connectivity index (χ1n) is 11.4. The predicted molar refractivity (Wildman–Crippen MR) is 131 cm³/mol. The summed E-state index contributed by atoms with van der Waals surface area (Å²) in [6.07, 6.45) is 3.82. The number of rotatable bonds is 6. The van der Waals surface area contributed by atoms with Crippen LogP contribution in [0.4, 0.5) is 4.39 Å². The summed E-state index contributed by atoms with van der Waals surface area (Å²) in [6, 6.07) is 7.58. The molecule has 0 radical (unpaired) electrons. The molecule has 2 aliphatic rings. The quantitative estimate of drug-likeness (QED) is 0.319. The second-order valence-corrected chi connectivity index (χ2v) is 9.92. The van der Waals surface area contributed by atoms with Gasteiger partial charge in [0.2, 0.25) is 5.91 Å². The van der Waals surface area contributed by atoms with Crippen molar-refractivity contribution in [3.63, 3.8) is 0 Å². The highest BCUT2D eigenvalue weighted by molar-refractivity contribution is 14.1. The summed E-state index contributed by atoms with van der Waals surface area (Å²) in [7, 11) is 0. The fourth-order valence-electron chi connectivity index (χ4n) is 4.66. The first-order chi connectivity index (χ1) is 16.2. The average molecular weight is 582 g/mol. The van der Waals surface area contributed by atoms with E-state index in [1.54, 1.807) is 25.1 Å². The maximum absolute atomic E-state index is 14.5. The molecule has 4 rings (SSSR count). The monoisotopic (exact) mass is 582 g/mol. The van der Waals surface area contributed by atoms with Crippen molar-refractivity contribution in [2.45, 2.75) is 64.2 Å². The molecule has 2 heterocycles. The second-order valence-electron chi connectivity index (χ2n) is 9.30. The van der Waals surface area contributed by atoms with Crippen LogP contribution in [0.15, 0.2) is 30.3 Å². The minimum atomic E-state index is -1.33. The summed E-state index contributed by atoms with van der Waals surface area (Å²) in [5.74, 6) is -1.28. The molecule has 1 aliphatic carbocycles. The third-order valence-corrected chi connectivity index (χ3v) is 7.13. The Morgan fingerprint density at radius 3 is 2.65 bits per heavy atom. The lowest BCUT2D eigenvalue weighted by atomic mass is 9.86. The Bertz CT molecular complexity index is 1100. The van der Waals surface area contributed by atoms with Gasteiger partial charge in [-0.2, -0.15) is 5.10 Å². The van der Waals surface area contributed by atoms with Crippen LogP contribution >= 0.6 is 22.6 Å². The average Bonchev–Trinajstić information content (AvgIpc) is 3.23. The maximum Gasteiger partial charge on any atom is 0.359 e. The molecule has 34 heavy (non-hydrogen) atoms. The number of carbonyl (C=O) groups is 3. The van der Waals surface area contributed by atoms with Crippen molar-refractivity contribution in [1.82, 2.24) is 20.0 Å². The number of aromatic nitrogens is 2. The summed E-state index contributed by atoms with van der Waals surface area (Å²) >= 11 is 1.90. The number of esters is 1. The van der Waals surface area contributed by atoms with E-state index in [9.17, 15) is 18.8 Å². The van der Waals surface area contributed by atoms with E-state index in [1.807, 2.05) is 22.6 Å². The molecule has 1 aliphatic heterocycles. The number of nitrogens with one attached hydrogen (secondary N) is 1. The first kappa shape index (κ1) is 24.6. The van der Waals surface area contributed by atoms with E-state index in [-0.39, 0.29) is 41.0 Å². The Hall–Kier alpha value is -2.50. The first-order valence-corrected chi connectivity index (χ1v) is 12.9. The van der Waals surface area contributed by atoms with Crippen LogP contribution in [0.1, 0.15) is 66.1 Å². The standard InChI is InChI=1S/C24H28FIN4O4/c1-15-7-9-17(10-8-15)27-23(33)24(2)13-30-20(11-19(28-30)22(32)34-14-26)21(31)29(24)12-16-5-3-4-6-18(16)25/h3-6,11,15,17H,7-10,12-14H2,1-2H3,(H,27,33). The summed E-state index contributed by atoms with van der Waals surface area (Å²) in [4.78, 5) is 40.8. The van der Waals surface area contributed by atoms with Crippen LogP contribution in [0.2, 0.25) is 0 Å². The van der Waals surface area contributed by atoms with E-state index in [0.717, 1.165) is 25.7 Å². The van der Waals surface area contributed by atoms with Gasteiger partial charge in [0.25, 0.3) is 5.91 Å². The lowest BCUT2D eigenvalue weighted by Crippen LogP contribution is -2.64. The molecule has 1 fully saturated rings. The van der Waals surface area contributed by atoms with Gasteiger partial charge >= 0.3 is 5.97 Å². The van der Waals surface area contributed by atoms with Gasteiger partial charge in [0.15, 0.2) is 5.69 Å². The number of carbonyl (C=O) groups excluding carboxylic acids is 3. The number of alkyl halides is 1. The van der Waals surface area contributed by atoms with Gasteiger partial charge in [-0.15, -0.1) is 0 Å². The molecule has 1 aromatic heterocycles. The van der Waals surface area contributed by atoms with Crippen LogP contribution < -0.4 is 5.32 Å². The molecule has 0 spiro atoms. The van der Waals surface area contributed by atoms with Crippen molar-refractivity contribution in [2.75, 3.05) is 4.61 Å². The molecule has 1 unspecified atom stereocenters. The van der Waals surface area contributed by atoms with Crippen LogP contribution in [-0.2, 0) is 22.6 Å². The van der Waals surface area contributed by atoms with Crippen molar-refractivity contribution in [2.24, 2.45) is 5.92 Å². The van der Waals surface area contributed by atoms with E-state index in [0.29, 0.717) is 11.5 Å². The van der Waals surface area contributed by atoms with E-state index in [4.69, 9.17) is 4.74 Å². The fourth-order valence-corrected chi connectivity index (χ4v) is 4.94. The van der Waals surface area contributed by atoms with Crippen molar-refractivity contribution < 1.29 is 23.5 Å². The Kier molecular flexibility index (Phi) is 7.25. The predicted octanol–water partition coefficient (Wildman–Crippen LogP) is 3.68. The van der Waals surface area contributed by atoms with E-state index in [1.165, 1.54) is 21.7 Å². The Balaban J connectivity index is 1.68. The number of nitrogens with zero attached hydrogens (tertiary/aromatic N) is 3. The molecule has 1 saturated carbocycles. The van der Waals surface area contributed by atoms with E-state index in [2.05, 4.69) is 17.3 Å². The summed E-state index contributed by atoms with van der Waals surface area (Å²) in [5, 5.41) is 7.37. The molecule has 1 N–H and O–H groups in total. The van der Waals surface area contributed by atoms with Crippen LogP contribution in [0.25, 0.3) is 0 Å². The molecule has 1 atom stereocenters. The SMILES string of the molecule is CC1CCC(NC(=O)C2(C)Cn3nc(C(=O)OCI)cc3C(=O)N2Cc2ccccc2F)CC1. The summed E-state index contributed by atoms with van der Waals surface area (Å²) < 4.78 is 21.0. The molecule has 2 amide bonds. The zero-order valence-electron chi connectivity index (χ0n) is 19.2. The molecule has 8 nitrogen and oxygen atoms in total. The maximum atomic E-state index is 14.5. The van der Waals surface area contributed by atoms with Gasteiger partial charge in [-0.05, 0) is 67.2 Å². The number of benzene rings is 1. The number of ether oxygens (including phenoxy) is 1. The van der Waals surface area contributed by atoms with Crippen molar-refractivity contribution in [3.05, 3.63) is 53.1 Å². The van der Waals surface area contributed by atoms with Crippen LogP contribution in [0, 0.1) is 11.7 Å². The number of halogens is 2. The van der Waals surface area contributed by atoms with E-state index < -0.39 is 23.2 Å². The summed E-state index contributed by atoms with van der Waals surface area (Å²) in [5.41, 5.74) is -0.865. The smallest absolute Gasteiger partial charge is 0.359 e. The molecular formula is C24H28FIN4O4. The molecule has 182 valence electrons. The van der Waals surface area contributed by atoms with Gasteiger partial charge in [-0.3, -0.25) is 14.3 Å². The Morgan fingerprint density at radius 1 is 1.26 bits per heavy atom. The topological polar surface area (TPSA) is 93.5 Å². The van der Waals surface area contributed by atoms with Crippen LogP contribution in [0.5, 0.6) is 0 Å². The zero-order valence-corrected chi connectivity index (χ0v) is 21.4. The molecule has 2 aromatic rings. The molecular weight excluding hydrogens is 554 g/mol. The van der Waals surface area contributed by atoms with Gasteiger partial charge in [0.1, 0.15) is 21.7 Å². The Labute approximate surface area is 211 Å². The van der Waals surface area contributed by atoms with Gasteiger partial charge in [0.05, 0.1) is 13.1 Å². The normalized spacial score (nSPS) is 24.5. The minimum Gasteiger partial charge on any atom is -0.450 e. The second kappa shape index (κ2) is 10.0. The van der Waals surface area contributed by atoms with Gasteiger partial charge in [-0.25, -0.2) is 9.18 Å². The third-order valence-electron chi connectivity index (χ3n) is 6.82. The molecule has 10 heteroatoms. The highest BCUT2D eigenvalue weighted by Gasteiger charge is 2.49. The number of fused-ring (bicyclic) bond motifs is 1. The number of amides is 2. The minimum absolute atomic E-state index is 0.00298. The lowest BCUT2D eigenvalue weighted by Gasteiger charge is -2.44. The molecule has 1 aromatic carbocycles. The zero-order chi connectivity index (χ0) is 24.5. The van der Waals surface area contributed by atoms with Crippen molar-refractivity contribution in [1.29, 1.82) is 0 Å². The largest absolute Gasteiger partial charge is 0.450 e. The molecule has 0 saturated heterocycles. The number of hydrogen-bond acceptors (Lipinski definition) is 5. The van der Waals surface area contributed by atoms with E-state index >= 15 is 0 Å². The highest BCUT2D eigenvalue weighted by atomic mass is 127. The lowest BCUT2D eigenvalue weighted by molar-refractivity contribution is -0.134. The third kappa shape index (κ3) is 4.82. The van der Waals surface area contributed by atoms with Gasteiger partial charge < -0.3 is 15.0 Å². The fraction of sp³-hybridized carbons (Fsp3) is 0.500. The van der Waals surface area contributed by atoms with Gasteiger partial charge in [0, 0.05) is 17.7 Å². The van der Waals surface area contributed by atoms with Crippen LogP contribution in [-0.4, -0.2) is 48.7 Å². The molecule has 0 bridgehead atoms. The van der Waals surface area contributed by atoms with Gasteiger partial charge in [-0.1, -0.05) is 25.1 Å². The number of hydrogen-bond donors (Lipinski definition) is 1.